The third-order valence-corrected chi connectivity index (χ3v) is 10.3. The lowest BCUT2D eigenvalue weighted by Crippen LogP contribution is -2.28. The van der Waals surface area contributed by atoms with Crippen molar-refractivity contribution in [1.82, 2.24) is 9.80 Å². The molecule has 2 amide bonds. The van der Waals surface area contributed by atoms with Crippen LogP contribution >= 0.6 is 23.2 Å². The summed E-state index contributed by atoms with van der Waals surface area (Å²) in [5.74, 6) is -1.40. The minimum absolute atomic E-state index is 0.0272. The number of carboxylic acids is 1. The van der Waals surface area contributed by atoms with Crippen molar-refractivity contribution >= 4 is 47.0 Å². The van der Waals surface area contributed by atoms with Gasteiger partial charge in [0.05, 0.1) is 51.5 Å². The summed E-state index contributed by atoms with van der Waals surface area (Å²) in [5, 5.41) is 10.2. The summed E-state index contributed by atoms with van der Waals surface area (Å²) < 4.78 is 4.81. The fourth-order valence-corrected chi connectivity index (χ4v) is 7.92. The molecule has 4 aromatic carbocycles. The Labute approximate surface area is 281 Å². The summed E-state index contributed by atoms with van der Waals surface area (Å²) in [6.45, 7) is 1.08. The smallest absolute Gasteiger partial charge is 0.337 e. The molecule has 47 heavy (non-hydrogen) atoms. The van der Waals surface area contributed by atoms with Gasteiger partial charge in [-0.1, -0.05) is 59.6 Å². The Kier molecular flexibility index (Phi) is 8.02. The van der Waals surface area contributed by atoms with E-state index in [1.54, 1.807) is 30.3 Å². The molecule has 2 heterocycles. The van der Waals surface area contributed by atoms with Crippen LogP contribution in [0.2, 0.25) is 10.0 Å². The number of nitrogens with zero attached hydrogens (tertiary/aromatic N) is 2. The topological polar surface area (TPSA) is 104 Å². The largest absolute Gasteiger partial charge is 0.478 e. The average Bonchev–Trinajstić information content (AvgIpc) is 3.84. The molecular formula is C37H30Cl2N2O6. The number of carboxylic acid groups (broad SMARTS) is 1. The van der Waals surface area contributed by atoms with Gasteiger partial charge in [0.2, 0.25) is 0 Å². The highest BCUT2D eigenvalue weighted by Gasteiger charge is 2.39. The van der Waals surface area contributed by atoms with E-state index in [-0.39, 0.29) is 35.4 Å². The molecule has 0 aromatic heterocycles. The number of carbonyl (C=O) groups is 4. The van der Waals surface area contributed by atoms with Crippen molar-refractivity contribution in [2.24, 2.45) is 0 Å². The Balaban J connectivity index is 0.000000150. The number of hydrogen-bond acceptors (Lipinski definition) is 5. The van der Waals surface area contributed by atoms with Gasteiger partial charge in [-0.15, -0.1) is 0 Å². The Morgan fingerprint density at radius 2 is 1.17 bits per heavy atom. The van der Waals surface area contributed by atoms with E-state index in [4.69, 9.17) is 27.9 Å². The first kappa shape index (κ1) is 31.0. The molecule has 8 nitrogen and oxygen atoms in total. The van der Waals surface area contributed by atoms with Crippen LogP contribution < -0.4 is 0 Å². The summed E-state index contributed by atoms with van der Waals surface area (Å²) in [6, 6.07) is 21.7. The monoisotopic (exact) mass is 668 g/mol. The number of methoxy groups -OCH3 is 1. The fourth-order valence-electron chi connectivity index (χ4n) is 7.37. The molecule has 2 atom stereocenters. The number of fused-ring (bicyclic) bond motifs is 4. The van der Waals surface area contributed by atoms with Crippen LogP contribution in [0.25, 0.3) is 0 Å². The molecule has 0 saturated carbocycles. The lowest BCUT2D eigenvalue weighted by Gasteiger charge is -2.25. The van der Waals surface area contributed by atoms with Gasteiger partial charge in [0.1, 0.15) is 0 Å². The number of hydrogen-bond donors (Lipinski definition) is 1. The number of amides is 2. The number of esters is 1. The second kappa shape index (κ2) is 12.2. The zero-order chi connectivity index (χ0) is 33.0. The summed E-state index contributed by atoms with van der Waals surface area (Å²) in [5.41, 5.74) is 8.15. The van der Waals surface area contributed by atoms with Crippen LogP contribution in [0.1, 0.15) is 99.7 Å². The van der Waals surface area contributed by atoms with Gasteiger partial charge in [-0.05, 0) is 95.5 Å². The first-order valence-corrected chi connectivity index (χ1v) is 16.2. The van der Waals surface area contributed by atoms with Gasteiger partial charge >= 0.3 is 11.9 Å². The van der Waals surface area contributed by atoms with Crippen molar-refractivity contribution in [1.29, 1.82) is 0 Å². The number of ether oxygens (including phenoxy) is 1. The standard InChI is InChI=1S/C19H16ClNO3.C18H14ClNO3/c1-24-19(23)12-6-5-11-7-8-16(14(11)9-12)21-10-13-3-2-4-15(20)17(13)18(21)22;19-14-3-1-2-12-9-20(17(21)16(12)14)15-7-6-10-4-5-11(18(22)23)8-13(10)15/h2-6,9,16H,7-8,10H2,1H3;1-5,8,15H,6-7,9H2,(H,22,23)/t16-;15-/m11/s1. The molecular weight excluding hydrogens is 639 g/mol. The Morgan fingerprint density at radius 3 is 1.62 bits per heavy atom. The molecule has 2 aliphatic carbocycles. The van der Waals surface area contributed by atoms with Crippen molar-refractivity contribution in [2.45, 2.75) is 50.9 Å². The Bertz CT molecular complexity index is 1990. The van der Waals surface area contributed by atoms with Gasteiger partial charge in [-0.2, -0.15) is 0 Å². The van der Waals surface area contributed by atoms with Crippen LogP contribution in [0, 0.1) is 0 Å². The van der Waals surface area contributed by atoms with Gasteiger partial charge in [0.25, 0.3) is 11.8 Å². The van der Waals surface area contributed by atoms with Gasteiger partial charge in [-0.3, -0.25) is 9.59 Å². The molecule has 0 fully saturated rings. The zero-order valence-electron chi connectivity index (χ0n) is 25.5. The lowest BCUT2D eigenvalue weighted by atomic mass is 10.0. The van der Waals surface area contributed by atoms with E-state index in [1.165, 1.54) is 12.7 Å². The highest BCUT2D eigenvalue weighted by Crippen LogP contribution is 2.43. The quantitative estimate of drug-likeness (QED) is 0.227. The van der Waals surface area contributed by atoms with Crippen molar-refractivity contribution in [3.8, 4) is 0 Å². The number of carbonyl (C=O) groups excluding carboxylic acids is 3. The van der Waals surface area contributed by atoms with E-state index in [9.17, 15) is 24.3 Å². The Hall–Kier alpha value is -4.66. The average molecular weight is 670 g/mol. The fraction of sp³-hybridized carbons (Fsp3) is 0.243. The third-order valence-electron chi connectivity index (χ3n) is 9.64. The summed E-state index contributed by atoms with van der Waals surface area (Å²) >= 11 is 12.4. The van der Waals surface area contributed by atoms with Gasteiger partial charge in [-0.25, -0.2) is 9.59 Å². The molecule has 4 aromatic rings. The molecule has 2 aliphatic heterocycles. The minimum atomic E-state index is -0.947. The van der Waals surface area contributed by atoms with E-state index in [1.807, 2.05) is 52.3 Å². The number of rotatable bonds is 4. The van der Waals surface area contributed by atoms with E-state index in [0.717, 1.165) is 53.5 Å². The molecule has 8 rings (SSSR count). The second-order valence-electron chi connectivity index (χ2n) is 12.1. The summed E-state index contributed by atoms with van der Waals surface area (Å²) in [4.78, 5) is 52.3. The van der Waals surface area contributed by atoms with Crippen molar-refractivity contribution in [3.05, 3.63) is 138 Å². The zero-order valence-corrected chi connectivity index (χ0v) is 27.0. The molecule has 0 saturated heterocycles. The highest BCUT2D eigenvalue weighted by atomic mass is 35.5. The van der Waals surface area contributed by atoms with Crippen LogP contribution in [0.4, 0.5) is 0 Å². The molecule has 4 aliphatic rings. The molecule has 10 heteroatoms. The van der Waals surface area contributed by atoms with Gasteiger partial charge in [0, 0.05) is 13.1 Å². The molecule has 0 bridgehead atoms. The summed E-state index contributed by atoms with van der Waals surface area (Å²) in [6.07, 6.45) is 3.43. The maximum atomic E-state index is 12.8. The van der Waals surface area contributed by atoms with Crippen LogP contribution in [0.15, 0.2) is 72.8 Å². The predicted octanol–water partition coefficient (Wildman–Crippen LogP) is 7.45. The number of benzene rings is 4. The van der Waals surface area contributed by atoms with E-state index < -0.39 is 5.97 Å². The molecule has 0 spiro atoms. The number of aryl methyl sites for hydroxylation is 2. The van der Waals surface area contributed by atoms with E-state index in [2.05, 4.69) is 0 Å². The second-order valence-corrected chi connectivity index (χ2v) is 13.0. The molecule has 0 unspecified atom stereocenters. The van der Waals surface area contributed by atoms with Crippen LogP contribution in [-0.4, -0.2) is 45.8 Å². The third kappa shape index (κ3) is 5.35. The highest BCUT2D eigenvalue weighted by molar-refractivity contribution is 6.34. The van der Waals surface area contributed by atoms with Gasteiger partial charge in [0.15, 0.2) is 0 Å². The normalized spacial score (nSPS) is 18.7. The molecule has 0 radical (unpaired) electrons. The van der Waals surface area contributed by atoms with Crippen molar-refractivity contribution in [3.63, 3.8) is 0 Å². The molecule has 238 valence electrons. The summed E-state index contributed by atoms with van der Waals surface area (Å²) in [7, 11) is 1.37. The predicted molar refractivity (Wildman–Crippen MR) is 176 cm³/mol. The van der Waals surface area contributed by atoms with Crippen molar-refractivity contribution < 1.29 is 29.0 Å². The van der Waals surface area contributed by atoms with Crippen LogP contribution in [-0.2, 0) is 30.7 Å². The van der Waals surface area contributed by atoms with Gasteiger partial charge < -0.3 is 19.6 Å². The van der Waals surface area contributed by atoms with E-state index >= 15 is 0 Å². The van der Waals surface area contributed by atoms with Crippen LogP contribution in [0.3, 0.4) is 0 Å². The maximum Gasteiger partial charge on any atom is 0.337 e. The minimum Gasteiger partial charge on any atom is -0.478 e. The Morgan fingerprint density at radius 1 is 0.702 bits per heavy atom. The first-order chi connectivity index (χ1) is 22.7. The molecule has 1 N–H and O–H groups in total. The number of aromatic carboxylic acids is 1. The maximum absolute atomic E-state index is 12.8. The number of halogens is 2. The SMILES string of the molecule is COC(=O)c1ccc2c(c1)[C@H](N1Cc3cccc(Cl)c3C1=O)CC2.O=C(O)c1ccc2c(c1)[C@H](N1Cc3cccc(Cl)c3C1=O)CC2. The van der Waals surface area contributed by atoms with Crippen LogP contribution in [0.5, 0.6) is 0 Å². The first-order valence-electron chi connectivity index (χ1n) is 15.4. The van der Waals surface area contributed by atoms with Crippen molar-refractivity contribution in [2.75, 3.05) is 7.11 Å². The lowest BCUT2D eigenvalue weighted by molar-refractivity contribution is 0.0599. The van der Waals surface area contributed by atoms with E-state index in [0.29, 0.717) is 39.8 Å².